The number of hydrogen-bond donors (Lipinski definition) is 2. The van der Waals surface area contributed by atoms with Crippen LogP contribution in [0.15, 0.2) is 18.2 Å². The second kappa shape index (κ2) is 8.54. The molecule has 0 radical (unpaired) electrons. The molecule has 0 bridgehead atoms. The lowest BCUT2D eigenvalue weighted by molar-refractivity contribution is 0.0306. The minimum Gasteiger partial charge on any atom is -0.396 e. The highest BCUT2D eigenvalue weighted by atomic mass is 35.5. The maximum Gasteiger partial charge on any atom is 0.0500 e. The lowest BCUT2D eigenvalue weighted by atomic mass is 9.79. The predicted molar refractivity (Wildman–Crippen MR) is 101 cm³/mol. The van der Waals surface area contributed by atoms with Gasteiger partial charge in [-0.1, -0.05) is 31.5 Å². The van der Waals surface area contributed by atoms with Crippen LogP contribution in [0.4, 0.5) is 5.69 Å². The van der Waals surface area contributed by atoms with Crippen LogP contribution < -0.4 is 10.2 Å². The molecule has 0 aromatic heterocycles. The zero-order chi connectivity index (χ0) is 16.3. The molecule has 23 heavy (non-hydrogen) atoms. The molecule has 0 aliphatic carbocycles. The highest BCUT2D eigenvalue weighted by Crippen LogP contribution is 2.41. The highest BCUT2D eigenvalue weighted by molar-refractivity contribution is 6.31. The van der Waals surface area contributed by atoms with E-state index in [2.05, 4.69) is 36.2 Å². The van der Waals surface area contributed by atoms with Gasteiger partial charge in [0.05, 0.1) is 0 Å². The number of rotatable bonds is 5. The largest absolute Gasteiger partial charge is 0.396 e. The molecule has 6 heteroatoms. The Morgan fingerprint density at radius 1 is 1.30 bits per heavy atom. The summed E-state index contributed by atoms with van der Waals surface area (Å²) in [6.07, 6.45) is 0. The minimum absolute atomic E-state index is 0. The number of halogens is 2. The Morgan fingerprint density at radius 2 is 1.91 bits per heavy atom. The SMILES string of the molecule is CN(C)c1ccc([C@H](N2CCNCC2)C(C)(C)CO)c(Cl)c1.Cl. The quantitative estimate of drug-likeness (QED) is 0.845. The third-order valence-corrected chi connectivity index (χ3v) is 4.79. The van der Waals surface area contributed by atoms with E-state index in [1.807, 2.05) is 25.1 Å². The number of nitrogens with zero attached hydrogens (tertiary/aromatic N) is 2. The smallest absolute Gasteiger partial charge is 0.0500 e. The molecule has 0 unspecified atom stereocenters. The van der Waals surface area contributed by atoms with E-state index in [0.717, 1.165) is 42.5 Å². The van der Waals surface area contributed by atoms with E-state index in [1.165, 1.54) is 0 Å². The number of anilines is 1. The van der Waals surface area contributed by atoms with Crippen LogP contribution in [-0.4, -0.2) is 56.9 Å². The molecule has 0 spiro atoms. The molecule has 2 rings (SSSR count). The van der Waals surface area contributed by atoms with Crippen LogP contribution in [0.3, 0.4) is 0 Å². The molecule has 1 aliphatic rings. The predicted octanol–water partition coefficient (Wildman–Crippen LogP) is 2.79. The average Bonchev–Trinajstić information content (AvgIpc) is 2.50. The second-order valence-corrected chi connectivity index (χ2v) is 7.34. The van der Waals surface area contributed by atoms with Crippen LogP contribution in [0.5, 0.6) is 0 Å². The fraction of sp³-hybridized carbons (Fsp3) is 0.647. The average molecular weight is 362 g/mol. The summed E-state index contributed by atoms with van der Waals surface area (Å²) in [4.78, 5) is 4.48. The number of hydrogen-bond acceptors (Lipinski definition) is 4. The second-order valence-electron chi connectivity index (χ2n) is 6.94. The van der Waals surface area contributed by atoms with Crippen molar-refractivity contribution >= 4 is 29.7 Å². The van der Waals surface area contributed by atoms with Gasteiger partial charge in [-0.25, -0.2) is 0 Å². The molecule has 4 nitrogen and oxygen atoms in total. The van der Waals surface area contributed by atoms with E-state index in [9.17, 15) is 5.11 Å². The fourth-order valence-electron chi connectivity index (χ4n) is 3.15. The van der Waals surface area contributed by atoms with E-state index >= 15 is 0 Å². The topological polar surface area (TPSA) is 38.7 Å². The summed E-state index contributed by atoms with van der Waals surface area (Å²) in [5.41, 5.74) is 1.95. The van der Waals surface area contributed by atoms with E-state index in [-0.39, 0.29) is 30.5 Å². The van der Waals surface area contributed by atoms with Crippen molar-refractivity contribution < 1.29 is 5.11 Å². The summed E-state index contributed by atoms with van der Waals surface area (Å²) < 4.78 is 0. The van der Waals surface area contributed by atoms with Gasteiger partial charge in [0, 0.05) is 69.0 Å². The number of nitrogens with one attached hydrogen (secondary N) is 1. The summed E-state index contributed by atoms with van der Waals surface area (Å²) in [5, 5.41) is 14.1. The number of piperazine rings is 1. The molecule has 1 atom stereocenters. The first-order valence-electron chi connectivity index (χ1n) is 7.89. The van der Waals surface area contributed by atoms with Crippen molar-refractivity contribution in [3.8, 4) is 0 Å². The molecule has 132 valence electrons. The van der Waals surface area contributed by atoms with Crippen LogP contribution in [0, 0.1) is 5.41 Å². The summed E-state index contributed by atoms with van der Waals surface area (Å²) in [5.74, 6) is 0. The van der Waals surface area contributed by atoms with Crippen molar-refractivity contribution in [1.82, 2.24) is 10.2 Å². The number of benzene rings is 1. The van der Waals surface area contributed by atoms with Gasteiger partial charge in [-0.2, -0.15) is 0 Å². The van der Waals surface area contributed by atoms with Crippen LogP contribution >= 0.6 is 24.0 Å². The Labute approximate surface area is 151 Å². The van der Waals surface area contributed by atoms with E-state index in [4.69, 9.17) is 11.6 Å². The van der Waals surface area contributed by atoms with Crippen molar-refractivity contribution in [2.45, 2.75) is 19.9 Å². The van der Waals surface area contributed by atoms with Crippen molar-refractivity contribution in [1.29, 1.82) is 0 Å². The molecule has 1 aromatic rings. The highest BCUT2D eigenvalue weighted by Gasteiger charge is 2.36. The van der Waals surface area contributed by atoms with Crippen molar-refractivity contribution in [3.05, 3.63) is 28.8 Å². The number of aliphatic hydroxyl groups excluding tert-OH is 1. The first-order chi connectivity index (χ1) is 10.4. The van der Waals surface area contributed by atoms with Gasteiger partial charge in [0.1, 0.15) is 0 Å². The Morgan fingerprint density at radius 3 is 2.39 bits per heavy atom. The zero-order valence-electron chi connectivity index (χ0n) is 14.5. The maximum atomic E-state index is 9.90. The molecule has 1 aliphatic heterocycles. The van der Waals surface area contributed by atoms with Gasteiger partial charge in [-0.3, -0.25) is 4.90 Å². The Balaban J connectivity index is 0.00000264. The van der Waals surface area contributed by atoms with E-state index in [0.29, 0.717) is 0 Å². The number of aliphatic hydroxyl groups is 1. The molecular formula is C17H29Cl2N3O. The lowest BCUT2D eigenvalue weighted by Gasteiger charge is -2.44. The monoisotopic (exact) mass is 361 g/mol. The standard InChI is InChI=1S/C17H28ClN3O.ClH/c1-17(2,12-22)16(21-9-7-19-8-10-21)14-6-5-13(20(3)4)11-15(14)18;/h5-6,11,16,19,22H,7-10,12H2,1-4H3;1H/t16-;/m0./s1. The summed E-state index contributed by atoms with van der Waals surface area (Å²) in [6, 6.07) is 6.34. The van der Waals surface area contributed by atoms with Gasteiger partial charge >= 0.3 is 0 Å². The third kappa shape index (κ3) is 4.74. The van der Waals surface area contributed by atoms with E-state index < -0.39 is 0 Å². The van der Waals surface area contributed by atoms with Gasteiger partial charge in [-0.05, 0) is 17.7 Å². The van der Waals surface area contributed by atoms with Gasteiger partial charge in [0.15, 0.2) is 0 Å². The molecule has 1 aromatic carbocycles. The van der Waals surface area contributed by atoms with Gasteiger partial charge in [0.2, 0.25) is 0 Å². The molecule has 0 amide bonds. The van der Waals surface area contributed by atoms with Crippen LogP contribution in [-0.2, 0) is 0 Å². The molecule has 0 saturated carbocycles. The molecule has 1 saturated heterocycles. The normalized spacial score (nSPS) is 17.5. The Hall–Kier alpha value is -0.520. The van der Waals surface area contributed by atoms with Crippen LogP contribution in [0.25, 0.3) is 0 Å². The first-order valence-corrected chi connectivity index (χ1v) is 8.27. The summed E-state index contributed by atoms with van der Waals surface area (Å²) in [7, 11) is 4.02. The minimum atomic E-state index is -0.249. The van der Waals surface area contributed by atoms with Gasteiger partial charge in [-0.15, -0.1) is 12.4 Å². The van der Waals surface area contributed by atoms with E-state index in [1.54, 1.807) is 0 Å². The Kier molecular flexibility index (Phi) is 7.62. The summed E-state index contributed by atoms with van der Waals surface area (Å²) >= 11 is 6.60. The Bertz CT molecular complexity index is 503. The van der Waals surface area contributed by atoms with Crippen LogP contribution in [0.1, 0.15) is 25.5 Å². The van der Waals surface area contributed by atoms with Crippen molar-refractivity contribution in [2.24, 2.45) is 5.41 Å². The summed E-state index contributed by atoms with van der Waals surface area (Å²) in [6.45, 7) is 8.25. The molecular weight excluding hydrogens is 333 g/mol. The first kappa shape index (κ1) is 20.5. The molecule has 2 N–H and O–H groups in total. The fourth-order valence-corrected chi connectivity index (χ4v) is 3.43. The van der Waals surface area contributed by atoms with Gasteiger partial charge < -0.3 is 15.3 Å². The molecule has 1 fully saturated rings. The van der Waals surface area contributed by atoms with Crippen LogP contribution in [0.2, 0.25) is 5.02 Å². The maximum absolute atomic E-state index is 9.90. The van der Waals surface area contributed by atoms with Crippen molar-refractivity contribution in [3.63, 3.8) is 0 Å². The third-order valence-electron chi connectivity index (χ3n) is 4.46. The van der Waals surface area contributed by atoms with Crippen molar-refractivity contribution in [2.75, 3.05) is 51.8 Å². The zero-order valence-corrected chi connectivity index (χ0v) is 16.0. The molecule has 1 heterocycles. The van der Waals surface area contributed by atoms with Gasteiger partial charge in [0.25, 0.3) is 0 Å². The lowest BCUT2D eigenvalue weighted by Crippen LogP contribution is -2.49.